The number of aromatic nitrogens is 2. The molecular formula is C71H92F2N2O14S2. The van der Waals surface area contributed by atoms with E-state index in [1.807, 2.05) is 41.5 Å². The monoisotopic (exact) mass is 1300 g/mol. The quantitative estimate of drug-likeness (QED) is 0.0267. The highest BCUT2D eigenvalue weighted by Gasteiger charge is 2.68. The van der Waals surface area contributed by atoms with E-state index in [1.54, 1.807) is 32.9 Å². The van der Waals surface area contributed by atoms with Gasteiger partial charge in [-0.1, -0.05) is 89.2 Å². The number of carbonyl (C=O) groups is 4. The molecule has 4 aliphatic rings. The maximum absolute atomic E-state index is 13.0. The summed E-state index contributed by atoms with van der Waals surface area (Å²) >= 11 is 0. The molecule has 4 fully saturated rings. The number of rotatable bonds is 18. The van der Waals surface area contributed by atoms with Crippen LogP contribution < -0.4 is 20.7 Å². The van der Waals surface area contributed by atoms with Crippen molar-refractivity contribution in [3.8, 4) is 11.6 Å². The standard InChI is InChI=1S/C20H32O2.C18H15S.C13H15NO4.C11H15NO3.C9H16F2O5S/c1-5-19(3,4)18(21)22-20(6-2)11-14-10-15(20)17-13-8-7-12(9-13)16(14)17;1-4-10-16(11-5-1)19(17-12-6-2-7-13-17)18-14-8-3-9-15-18;1-4-13(2,3)11(15)17-8-5-6-9-10(7-8)18-12(16)14-9;1-4-11(2,3)10(14)15-9-7-8(13)5-6-12-9;1-5-8(3,4)7(12)16-6(2)9(10,11)17(13,14)15/h12-17H,5-11H2,1-4H3;1-15H;5-7H,4H2,1-3H3,(H,14,16);5-7H,4H2,1-3H3,(H,12,13);6H,5H2,1-4H3,(H,13,14,15)/q;+1;;;/p-1. The van der Waals surface area contributed by atoms with Gasteiger partial charge in [0.05, 0.1) is 38.1 Å². The zero-order valence-corrected chi connectivity index (χ0v) is 56.7. The highest BCUT2D eigenvalue weighted by Crippen LogP contribution is 2.71. The van der Waals surface area contributed by atoms with E-state index in [0.29, 0.717) is 49.0 Å². The molecule has 4 saturated carbocycles. The van der Waals surface area contributed by atoms with Crippen LogP contribution in [-0.4, -0.2) is 63.8 Å². The number of benzene rings is 4. The van der Waals surface area contributed by atoms with Crippen LogP contribution in [0.2, 0.25) is 0 Å². The molecule has 8 atom stereocenters. The molecule has 8 unspecified atom stereocenters. The van der Waals surface area contributed by atoms with E-state index < -0.39 is 49.4 Å². The molecule has 4 aliphatic carbocycles. The lowest BCUT2D eigenvalue weighted by molar-refractivity contribution is -0.183. The Morgan fingerprint density at radius 3 is 1.58 bits per heavy atom. The largest absolute Gasteiger partial charge is 0.743 e. The Balaban J connectivity index is 0.000000182. The second kappa shape index (κ2) is 30.2. The summed E-state index contributed by atoms with van der Waals surface area (Å²) in [5, 5.41) is -4.63. The molecule has 10 rings (SSSR count). The lowest BCUT2D eigenvalue weighted by Gasteiger charge is -2.46. The smallest absolute Gasteiger partial charge is 0.417 e. The number of hydrogen-bond acceptors (Lipinski definition) is 14. The van der Waals surface area contributed by atoms with Gasteiger partial charge in [-0.05, 0) is 205 Å². The topological polar surface area (TPSA) is 241 Å². The van der Waals surface area contributed by atoms with Crippen LogP contribution in [0, 0.1) is 57.2 Å². The number of hydrogen-bond donors (Lipinski definition) is 2. The summed E-state index contributed by atoms with van der Waals surface area (Å²) in [7, 11) is -5.87. The number of alkyl halides is 2. The number of pyridine rings is 1. The van der Waals surface area contributed by atoms with Crippen LogP contribution in [0.15, 0.2) is 156 Å². The predicted molar refractivity (Wildman–Crippen MR) is 346 cm³/mol. The van der Waals surface area contributed by atoms with E-state index in [1.165, 1.54) is 78.6 Å². The third-order valence-corrected chi connectivity index (χ3v) is 22.3. The molecule has 496 valence electrons. The summed E-state index contributed by atoms with van der Waals surface area (Å²) in [5.41, 5.74) is -1.78. The van der Waals surface area contributed by atoms with Gasteiger partial charge in [0.15, 0.2) is 41.9 Å². The number of esters is 4. The van der Waals surface area contributed by atoms with Crippen LogP contribution >= 0.6 is 0 Å². The van der Waals surface area contributed by atoms with E-state index in [2.05, 4.69) is 120 Å². The predicted octanol–water partition coefficient (Wildman–Crippen LogP) is 15.3. The molecule has 2 heterocycles. The van der Waals surface area contributed by atoms with Crippen molar-refractivity contribution in [2.45, 2.75) is 193 Å². The fourth-order valence-corrected chi connectivity index (χ4v) is 14.4. The molecule has 2 N–H and O–H groups in total. The zero-order valence-electron chi connectivity index (χ0n) is 55.0. The van der Waals surface area contributed by atoms with Gasteiger partial charge in [0.2, 0.25) is 5.88 Å². The first kappa shape index (κ1) is 73.2. The van der Waals surface area contributed by atoms with Gasteiger partial charge in [0.25, 0.3) is 0 Å². The van der Waals surface area contributed by atoms with Crippen LogP contribution in [0.3, 0.4) is 0 Å². The maximum Gasteiger partial charge on any atom is 0.417 e. The fraction of sp³-hybridized carbons (Fsp3) is 0.521. The minimum absolute atomic E-state index is 0.0146. The van der Waals surface area contributed by atoms with Crippen LogP contribution in [-0.2, 0) is 49.7 Å². The Labute approximate surface area is 537 Å². The molecule has 2 aromatic heterocycles. The Kier molecular flexibility index (Phi) is 24.3. The summed E-state index contributed by atoms with van der Waals surface area (Å²) in [6.45, 7) is 24.7. The van der Waals surface area contributed by atoms with Crippen LogP contribution in [0.4, 0.5) is 8.78 Å². The highest BCUT2D eigenvalue weighted by molar-refractivity contribution is 7.97. The van der Waals surface area contributed by atoms with E-state index in [9.17, 15) is 50.5 Å². The van der Waals surface area contributed by atoms with Crippen LogP contribution in [0.1, 0.15) is 161 Å². The van der Waals surface area contributed by atoms with Gasteiger partial charge in [-0.25, -0.2) is 13.2 Å². The Morgan fingerprint density at radius 1 is 0.637 bits per heavy atom. The summed E-state index contributed by atoms with van der Waals surface area (Å²) < 4.78 is 82.8. The summed E-state index contributed by atoms with van der Waals surface area (Å²) in [6, 6.07) is 39.6. The third kappa shape index (κ3) is 17.8. The number of nitrogens with one attached hydrogen (secondary N) is 2. The number of oxazole rings is 1. The maximum atomic E-state index is 13.0. The van der Waals surface area contributed by atoms with E-state index in [0.717, 1.165) is 48.9 Å². The second-order valence-electron chi connectivity index (χ2n) is 26.7. The van der Waals surface area contributed by atoms with Gasteiger partial charge in [-0.2, -0.15) is 8.78 Å². The average Bonchev–Trinajstić information content (AvgIpc) is 1.54. The van der Waals surface area contributed by atoms with Gasteiger partial charge < -0.3 is 32.9 Å². The number of halogens is 2. The third-order valence-electron chi connectivity index (χ3n) is 19.1. The first-order valence-electron chi connectivity index (χ1n) is 31.5. The lowest BCUT2D eigenvalue weighted by Crippen LogP contribution is -2.49. The number of H-pyrrole nitrogens is 2. The summed E-state index contributed by atoms with van der Waals surface area (Å²) in [6.07, 6.45) is 9.62. The number of aromatic amines is 2. The minimum Gasteiger partial charge on any atom is -0.743 e. The van der Waals surface area contributed by atoms with Gasteiger partial charge in [0, 0.05) is 30.3 Å². The zero-order chi connectivity index (χ0) is 67.5. The normalized spacial score (nSPS) is 21.0. The molecule has 0 amide bonds. The molecule has 6 aromatic rings. The SMILES string of the molecule is CCC(C)(C)C(=O)OC(C)C(F)(F)S(=O)(=O)[O-].CCC(C)(C)C(=O)OC1(CC)CC2CC1C1C3CCC(C3)C21.CCC(C)(C)C(=O)Oc1cc(=O)cc[nH]1.CCC(C)(C)C(=O)Oc1ccc2[nH]c(=O)oc2c1.c1ccc([S+](c2ccccc2)c2ccccc2)cc1. The van der Waals surface area contributed by atoms with Crippen molar-refractivity contribution in [1.82, 2.24) is 9.97 Å². The van der Waals surface area contributed by atoms with Gasteiger partial charge >= 0.3 is 34.9 Å². The van der Waals surface area contributed by atoms with Crippen molar-refractivity contribution in [1.29, 1.82) is 0 Å². The molecule has 0 spiro atoms. The minimum atomic E-state index is -5.86. The number of fused-ring (bicyclic) bond motifs is 10. The van der Waals surface area contributed by atoms with Crippen molar-refractivity contribution in [3.63, 3.8) is 0 Å². The molecule has 16 nitrogen and oxygen atoms in total. The summed E-state index contributed by atoms with van der Waals surface area (Å²) in [4.78, 5) is 78.9. The van der Waals surface area contributed by atoms with Gasteiger partial charge in [0.1, 0.15) is 11.4 Å². The summed E-state index contributed by atoms with van der Waals surface area (Å²) in [5.74, 6) is 3.82. The van der Waals surface area contributed by atoms with Gasteiger partial charge in [-0.3, -0.25) is 29.0 Å². The van der Waals surface area contributed by atoms with Crippen molar-refractivity contribution in [2.75, 3.05) is 0 Å². The number of ether oxygens (including phenoxy) is 4. The first-order chi connectivity index (χ1) is 42.6. The van der Waals surface area contributed by atoms with E-state index in [-0.39, 0.29) is 51.1 Å². The van der Waals surface area contributed by atoms with Gasteiger partial charge in [-0.15, -0.1) is 0 Å². The van der Waals surface area contributed by atoms with Crippen LogP contribution in [0.5, 0.6) is 11.6 Å². The van der Waals surface area contributed by atoms with Crippen molar-refractivity contribution in [3.05, 3.63) is 148 Å². The van der Waals surface area contributed by atoms with Crippen LogP contribution in [0.25, 0.3) is 11.1 Å². The molecule has 4 aromatic carbocycles. The molecular weight excluding hydrogens is 1210 g/mol. The molecule has 0 aliphatic heterocycles. The van der Waals surface area contributed by atoms with E-state index in [4.69, 9.17) is 18.6 Å². The molecule has 4 bridgehead atoms. The molecule has 91 heavy (non-hydrogen) atoms. The lowest BCUT2D eigenvalue weighted by atomic mass is 9.65. The van der Waals surface area contributed by atoms with Crippen molar-refractivity contribution < 1.29 is 64.3 Å². The van der Waals surface area contributed by atoms with E-state index >= 15 is 0 Å². The van der Waals surface area contributed by atoms with Crippen molar-refractivity contribution in [2.24, 2.45) is 57.2 Å². The first-order valence-corrected chi connectivity index (χ1v) is 34.2. The second-order valence-corrected chi connectivity index (χ2v) is 30.2. The number of carbonyl (C=O) groups excluding carboxylic acids is 4. The Bertz CT molecular complexity index is 3550. The fourth-order valence-electron chi connectivity index (χ4n) is 11.8. The highest BCUT2D eigenvalue weighted by atomic mass is 32.2. The average molecular weight is 1300 g/mol. The van der Waals surface area contributed by atoms with Crippen molar-refractivity contribution >= 4 is 56.0 Å². The molecule has 20 heteroatoms. The molecule has 0 saturated heterocycles. The Morgan fingerprint density at radius 2 is 1.11 bits per heavy atom. The molecule has 0 radical (unpaired) electrons. The Hall–Kier alpha value is -6.90.